The van der Waals surface area contributed by atoms with Crippen LogP contribution >= 0.6 is 0 Å². The van der Waals surface area contributed by atoms with Gasteiger partial charge in [-0.2, -0.15) is 0 Å². The van der Waals surface area contributed by atoms with Crippen molar-refractivity contribution in [2.24, 2.45) is 0 Å². The lowest BCUT2D eigenvalue weighted by molar-refractivity contribution is -0.114. The Labute approximate surface area is 153 Å². The molecule has 136 valence electrons. The van der Waals surface area contributed by atoms with Crippen molar-refractivity contribution < 1.29 is 19.0 Å². The second-order valence-electron chi connectivity index (χ2n) is 6.01. The van der Waals surface area contributed by atoms with E-state index in [1.165, 1.54) is 5.56 Å². The van der Waals surface area contributed by atoms with Gasteiger partial charge in [-0.25, -0.2) is 0 Å². The van der Waals surface area contributed by atoms with Crippen molar-refractivity contribution in [3.8, 4) is 17.2 Å². The van der Waals surface area contributed by atoms with E-state index >= 15 is 0 Å². The molecule has 0 N–H and O–H groups in total. The van der Waals surface area contributed by atoms with Crippen molar-refractivity contribution in [2.45, 2.75) is 12.8 Å². The zero-order chi connectivity index (χ0) is 18.5. The van der Waals surface area contributed by atoms with Crippen LogP contribution in [0, 0.1) is 0 Å². The number of hydrogen-bond donors (Lipinski definition) is 0. The molecule has 0 bridgehead atoms. The highest BCUT2D eigenvalue weighted by Crippen LogP contribution is 2.38. The molecule has 1 aliphatic rings. The quantitative estimate of drug-likeness (QED) is 0.769. The number of aryl methyl sites for hydroxylation is 1. The van der Waals surface area contributed by atoms with Crippen LogP contribution in [0.4, 0.5) is 5.69 Å². The van der Waals surface area contributed by atoms with Gasteiger partial charge in [0.25, 0.3) is 5.91 Å². The van der Waals surface area contributed by atoms with E-state index in [2.05, 4.69) is 6.07 Å². The average Bonchev–Trinajstić information content (AvgIpc) is 2.70. The minimum absolute atomic E-state index is 0.0362. The highest BCUT2D eigenvalue weighted by atomic mass is 16.5. The molecule has 0 fully saturated rings. The van der Waals surface area contributed by atoms with Gasteiger partial charge in [0.2, 0.25) is 5.75 Å². The van der Waals surface area contributed by atoms with Gasteiger partial charge < -0.3 is 19.1 Å². The molecule has 1 heterocycles. The van der Waals surface area contributed by atoms with E-state index in [-0.39, 0.29) is 5.91 Å². The van der Waals surface area contributed by atoms with E-state index < -0.39 is 0 Å². The molecule has 2 aromatic rings. The molecule has 0 atom stereocenters. The number of methoxy groups -OCH3 is 3. The summed E-state index contributed by atoms with van der Waals surface area (Å²) in [6.07, 6.45) is 5.34. The number of fused-ring (bicyclic) bond motifs is 1. The second-order valence-corrected chi connectivity index (χ2v) is 6.01. The molecule has 1 amide bonds. The summed E-state index contributed by atoms with van der Waals surface area (Å²) in [6.45, 7) is 0.732. The Balaban J connectivity index is 1.85. The van der Waals surface area contributed by atoms with Crippen molar-refractivity contribution in [2.75, 3.05) is 32.8 Å². The maximum atomic E-state index is 12.7. The lowest BCUT2D eigenvalue weighted by Gasteiger charge is -2.28. The second kappa shape index (κ2) is 7.95. The maximum Gasteiger partial charge on any atom is 0.250 e. The number of carbonyl (C=O) groups is 1. The van der Waals surface area contributed by atoms with Gasteiger partial charge in [0, 0.05) is 18.3 Å². The smallest absolute Gasteiger partial charge is 0.250 e. The molecule has 0 saturated carbocycles. The number of anilines is 1. The van der Waals surface area contributed by atoms with Crippen LogP contribution < -0.4 is 19.1 Å². The van der Waals surface area contributed by atoms with Crippen molar-refractivity contribution in [1.29, 1.82) is 0 Å². The third-order valence-corrected chi connectivity index (χ3v) is 4.48. The first kappa shape index (κ1) is 17.9. The van der Waals surface area contributed by atoms with Gasteiger partial charge in [0.1, 0.15) is 0 Å². The van der Waals surface area contributed by atoms with Gasteiger partial charge in [-0.3, -0.25) is 4.79 Å². The van der Waals surface area contributed by atoms with E-state index in [9.17, 15) is 4.79 Å². The lowest BCUT2D eigenvalue weighted by Crippen LogP contribution is -2.34. The number of hydrogen-bond acceptors (Lipinski definition) is 4. The minimum atomic E-state index is -0.0362. The lowest BCUT2D eigenvalue weighted by atomic mass is 10.0. The third kappa shape index (κ3) is 3.52. The summed E-state index contributed by atoms with van der Waals surface area (Å²) >= 11 is 0. The molecular formula is C21H23NO4. The summed E-state index contributed by atoms with van der Waals surface area (Å²) in [4.78, 5) is 14.5. The van der Waals surface area contributed by atoms with Gasteiger partial charge in [-0.15, -0.1) is 0 Å². The first-order valence-electron chi connectivity index (χ1n) is 8.55. The third-order valence-electron chi connectivity index (χ3n) is 4.48. The Morgan fingerprint density at radius 2 is 1.73 bits per heavy atom. The molecular weight excluding hydrogens is 330 g/mol. The summed E-state index contributed by atoms with van der Waals surface area (Å²) in [5.41, 5.74) is 3.02. The Morgan fingerprint density at radius 3 is 2.38 bits per heavy atom. The topological polar surface area (TPSA) is 48.0 Å². The van der Waals surface area contributed by atoms with Gasteiger partial charge >= 0.3 is 0 Å². The van der Waals surface area contributed by atoms with Crippen molar-refractivity contribution in [3.05, 3.63) is 53.6 Å². The predicted octanol–water partition coefficient (Wildman–Crippen LogP) is 3.71. The molecule has 5 heteroatoms. The Kier molecular flexibility index (Phi) is 5.46. The fourth-order valence-electron chi connectivity index (χ4n) is 3.22. The molecule has 0 saturated heterocycles. The van der Waals surface area contributed by atoms with Crippen molar-refractivity contribution in [1.82, 2.24) is 0 Å². The van der Waals surface area contributed by atoms with Crippen molar-refractivity contribution >= 4 is 17.7 Å². The van der Waals surface area contributed by atoms with E-state index in [0.717, 1.165) is 30.6 Å². The zero-order valence-corrected chi connectivity index (χ0v) is 15.3. The van der Waals surface area contributed by atoms with Crippen LogP contribution in [0.25, 0.3) is 6.08 Å². The van der Waals surface area contributed by atoms with Gasteiger partial charge in [-0.1, -0.05) is 18.2 Å². The molecule has 2 aromatic carbocycles. The average molecular weight is 353 g/mol. The number of para-hydroxylation sites is 1. The molecule has 0 radical (unpaired) electrons. The van der Waals surface area contributed by atoms with E-state index in [0.29, 0.717) is 17.2 Å². The van der Waals surface area contributed by atoms with Crippen LogP contribution in [0.5, 0.6) is 17.2 Å². The molecule has 0 spiro atoms. The normalized spacial score (nSPS) is 13.4. The first-order chi connectivity index (χ1) is 12.7. The Morgan fingerprint density at radius 1 is 1.04 bits per heavy atom. The Hall–Kier alpha value is -2.95. The van der Waals surface area contributed by atoms with Gasteiger partial charge in [0.05, 0.1) is 21.3 Å². The number of benzene rings is 2. The summed E-state index contributed by atoms with van der Waals surface area (Å²) in [5, 5.41) is 0. The SMILES string of the molecule is COc1cc(/C=C/C(=O)N2CCCc3ccccc32)cc(OC)c1OC. The minimum Gasteiger partial charge on any atom is -0.493 e. The van der Waals surface area contributed by atoms with Crippen LogP contribution in [0.15, 0.2) is 42.5 Å². The monoisotopic (exact) mass is 353 g/mol. The van der Waals surface area contributed by atoms with E-state index in [1.54, 1.807) is 33.5 Å². The summed E-state index contributed by atoms with van der Waals surface area (Å²) in [6, 6.07) is 11.7. The number of carbonyl (C=O) groups excluding carboxylic acids is 1. The fraction of sp³-hybridized carbons (Fsp3) is 0.286. The van der Waals surface area contributed by atoms with E-state index in [1.807, 2.05) is 35.2 Å². The molecule has 5 nitrogen and oxygen atoms in total. The number of nitrogens with zero attached hydrogens (tertiary/aromatic N) is 1. The largest absolute Gasteiger partial charge is 0.493 e. The molecule has 0 unspecified atom stereocenters. The number of amides is 1. The molecule has 26 heavy (non-hydrogen) atoms. The predicted molar refractivity (Wildman–Crippen MR) is 102 cm³/mol. The molecule has 0 aliphatic carbocycles. The fourth-order valence-corrected chi connectivity index (χ4v) is 3.22. The summed E-state index contributed by atoms with van der Waals surface area (Å²) in [7, 11) is 4.70. The Bertz CT molecular complexity index is 804. The van der Waals surface area contributed by atoms with Crippen LogP contribution in [-0.4, -0.2) is 33.8 Å². The van der Waals surface area contributed by atoms with Gasteiger partial charge in [0.15, 0.2) is 11.5 Å². The van der Waals surface area contributed by atoms with Gasteiger partial charge in [-0.05, 0) is 48.2 Å². The molecule has 3 rings (SSSR count). The number of rotatable bonds is 5. The van der Waals surface area contributed by atoms with Crippen LogP contribution in [0.1, 0.15) is 17.5 Å². The summed E-state index contributed by atoms with van der Waals surface area (Å²) in [5.74, 6) is 1.61. The first-order valence-corrected chi connectivity index (χ1v) is 8.55. The number of ether oxygens (including phenoxy) is 3. The van der Waals surface area contributed by atoms with Crippen LogP contribution in [0.2, 0.25) is 0 Å². The maximum absolute atomic E-state index is 12.7. The van der Waals surface area contributed by atoms with Crippen LogP contribution in [0.3, 0.4) is 0 Å². The molecule has 1 aliphatic heterocycles. The van der Waals surface area contributed by atoms with Crippen molar-refractivity contribution in [3.63, 3.8) is 0 Å². The van der Waals surface area contributed by atoms with E-state index in [4.69, 9.17) is 14.2 Å². The summed E-state index contributed by atoms with van der Waals surface area (Å²) < 4.78 is 16.0. The zero-order valence-electron chi connectivity index (χ0n) is 15.3. The van der Waals surface area contributed by atoms with Crippen LogP contribution in [-0.2, 0) is 11.2 Å². The standard InChI is InChI=1S/C21H23NO4/c1-24-18-13-15(14-19(25-2)21(18)26-3)10-11-20(23)22-12-6-8-16-7-4-5-9-17(16)22/h4-5,7,9-11,13-14H,6,8,12H2,1-3H3/b11-10+. The molecule has 0 aromatic heterocycles. The highest BCUT2D eigenvalue weighted by molar-refractivity contribution is 6.04. The highest BCUT2D eigenvalue weighted by Gasteiger charge is 2.20.